The second kappa shape index (κ2) is 11.8. The van der Waals surface area contributed by atoms with Gasteiger partial charge >= 0.3 is 5.97 Å². The minimum absolute atomic E-state index is 0.222. The van der Waals surface area contributed by atoms with E-state index in [-0.39, 0.29) is 12.5 Å². The molecule has 1 heterocycles. The average Bonchev–Trinajstić information content (AvgIpc) is 3.07. The summed E-state index contributed by atoms with van der Waals surface area (Å²) in [6.07, 6.45) is 5.12. The van der Waals surface area contributed by atoms with Crippen LogP contribution < -0.4 is 4.74 Å². The summed E-state index contributed by atoms with van der Waals surface area (Å²) >= 11 is 6.67. The van der Waals surface area contributed by atoms with Gasteiger partial charge in [-0.05, 0) is 42.7 Å². The van der Waals surface area contributed by atoms with Gasteiger partial charge in [-0.25, -0.2) is 4.79 Å². The first-order valence-corrected chi connectivity index (χ1v) is 12.0. The highest BCUT2D eigenvalue weighted by atomic mass is 32.2. The molecular weight excluding hydrogens is 442 g/mol. The fourth-order valence-electron chi connectivity index (χ4n) is 3.30. The Labute approximate surface area is 198 Å². The Hall–Kier alpha value is -2.64. The first-order chi connectivity index (χ1) is 15.5. The molecule has 0 aromatic heterocycles. The Kier molecular flexibility index (Phi) is 8.88. The second-order valence-electron chi connectivity index (χ2n) is 7.24. The van der Waals surface area contributed by atoms with E-state index in [0.29, 0.717) is 21.4 Å². The van der Waals surface area contributed by atoms with E-state index >= 15 is 0 Å². The molecule has 168 valence electrons. The maximum Gasteiger partial charge on any atom is 0.333 e. The molecule has 1 amide bonds. The number of hydrogen-bond acceptors (Lipinski definition) is 6. The number of hydrogen-bond donors (Lipinski definition) is 0. The minimum Gasteiger partial charge on any atom is -0.494 e. The summed E-state index contributed by atoms with van der Waals surface area (Å²) in [5.41, 5.74) is 1.52. The molecule has 1 aliphatic heterocycles. The maximum absolute atomic E-state index is 13.2. The van der Waals surface area contributed by atoms with Gasteiger partial charge in [-0.2, -0.15) is 0 Å². The van der Waals surface area contributed by atoms with Crippen molar-refractivity contribution in [3.05, 3.63) is 70.6 Å². The van der Waals surface area contributed by atoms with Gasteiger partial charge in [-0.1, -0.05) is 86.2 Å². The summed E-state index contributed by atoms with van der Waals surface area (Å²) in [4.78, 5) is 27.8. The lowest BCUT2D eigenvalue weighted by Crippen LogP contribution is -2.38. The SMILES string of the molecule is CCCCCOc1ccc(/C=C2\SC(=S)N(C(C(=O)OCC)c3ccccc3)C2=O)cc1. The number of thiocarbonyl (C=S) groups is 1. The van der Waals surface area contributed by atoms with Crippen molar-refractivity contribution in [1.29, 1.82) is 0 Å². The Bertz CT molecular complexity index is 973. The lowest BCUT2D eigenvalue weighted by molar-refractivity contribution is -0.151. The fraction of sp³-hybridized carbons (Fsp3) is 0.320. The van der Waals surface area contributed by atoms with E-state index in [2.05, 4.69) is 6.92 Å². The highest BCUT2D eigenvalue weighted by Crippen LogP contribution is 2.38. The topological polar surface area (TPSA) is 55.8 Å². The summed E-state index contributed by atoms with van der Waals surface area (Å²) in [6, 6.07) is 15.8. The number of carbonyl (C=O) groups excluding carboxylic acids is 2. The third kappa shape index (κ3) is 5.99. The number of unbranched alkanes of at least 4 members (excludes halogenated alkanes) is 2. The summed E-state index contributed by atoms with van der Waals surface area (Å²) in [7, 11) is 0. The highest BCUT2D eigenvalue weighted by molar-refractivity contribution is 8.26. The van der Waals surface area contributed by atoms with Crippen LogP contribution in [0.3, 0.4) is 0 Å². The molecule has 1 aliphatic rings. The zero-order valence-corrected chi connectivity index (χ0v) is 19.9. The van der Waals surface area contributed by atoms with E-state index in [1.54, 1.807) is 25.1 Å². The van der Waals surface area contributed by atoms with Gasteiger partial charge in [0, 0.05) is 0 Å². The molecule has 0 radical (unpaired) electrons. The lowest BCUT2D eigenvalue weighted by atomic mass is 10.1. The number of nitrogens with zero attached hydrogens (tertiary/aromatic N) is 1. The zero-order valence-electron chi connectivity index (χ0n) is 18.3. The van der Waals surface area contributed by atoms with E-state index in [1.165, 1.54) is 16.7 Å². The van der Waals surface area contributed by atoms with Crippen LogP contribution in [0.1, 0.15) is 50.3 Å². The highest BCUT2D eigenvalue weighted by Gasteiger charge is 2.42. The molecule has 0 bridgehead atoms. The van der Waals surface area contributed by atoms with Gasteiger partial charge in [-0.15, -0.1) is 0 Å². The molecule has 0 spiro atoms. The average molecular weight is 470 g/mol. The van der Waals surface area contributed by atoms with E-state index < -0.39 is 12.0 Å². The quantitative estimate of drug-likeness (QED) is 0.191. The third-order valence-corrected chi connectivity index (χ3v) is 6.23. The van der Waals surface area contributed by atoms with Gasteiger partial charge in [0.05, 0.1) is 18.1 Å². The van der Waals surface area contributed by atoms with Gasteiger partial charge < -0.3 is 9.47 Å². The molecule has 1 unspecified atom stereocenters. The zero-order chi connectivity index (χ0) is 22.9. The summed E-state index contributed by atoms with van der Waals surface area (Å²) < 4.78 is 11.3. The van der Waals surface area contributed by atoms with Gasteiger partial charge in [-0.3, -0.25) is 9.69 Å². The van der Waals surface area contributed by atoms with Crippen LogP contribution in [-0.4, -0.2) is 34.3 Å². The van der Waals surface area contributed by atoms with Crippen molar-refractivity contribution in [2.24, 2.45) is 0 Å². The summed E-state index contributed by atoms with van der Waals surface area (Å²) in [5, 5.41) is 0. The van der Waals surface area contributed by atoms with Crippen LogP contribution in [0.4, 0.5) is 0 Å². The van der Waals surface area contributed by atoms with Gasteiger partial charge in [0.15, 0.2) is 6.04 Å². The molecule has 0 saturated carbocycles. The molecule has 0 N–H and O–H groups in total. The predicted molar refractivity (Wildman–Crippen MR) is 132 cm³/mol. The summed E-state index contributed by atoms with van der Waals surface area (Å²) in [6.45, 7) is 4.81. The number of esters is 1. The number of thioether (sulfide) groups is 1. The second-order valence-corrected chi connectivity index (χ2v) is 8.92. The molecule has 1 atom stereocenters. The molecule has 1 fully saturated rings. The molecule has 0 aliphatic carbocycles. The Morgan fingerprint density at radius 3 is 2.47 bits per heavy atom. The molecule has 2 aromatic carbocycles. The van der Waals surface area contributed by atoms with Crippen molar-refractivity contribution < 1.29 is 19.1 Å². The fourth-order valence-corrected chi connectivity index (χ4v) is 4.62. The van der Waals surface area contributed by atoms with E-state index in [9.17, 15) is 9.59 Å². The standard InChI is InChI=1S/C25H27NO4S2/c1-3-5-9-16-30-20-14-12-18(13-15-20)17-21-23(27)26(25(31)32-21)22(24(28)29-4-2)19-10-7-6-8-11-19/h6-8,10-15,17,22H,3-5,9,16H2,1-2H3/b21-17-. The van der Waals surface area contributed by atoms with Crippen molar-refractivity contribution in [2.75, 3.05) is 13.2 Å². The van der Waals surface area contributed by atoms with Gasteiger partial charge in [0.1, 0.15) is 10.1 Å². The lowest BCUT2D eigenvalue weighted by Gasteiger charge is -2.25. The first kappa shape index (κ1) is 24.0. The Morgan fingerprint density at radius 1 is 1.09 bits per heavy atom. The number of amides is 1. The van der Waals surface area contributed by atoms with Gasteiger partial charge in [0.2, 0.25) is 0 Å². The number of ether oxygens (including phenoxy) is 2. The Morgan fingerprint density at radius 2 is 1.81 bits per heavy atom. The van der Waals surface area contributed by atoms with Crippen LogP contribution in [0.15, 0.2) is 59.5 Å². The molecule has 1 saturated heterocycles. The van der Waals surface area contributed by atoms with Crippen LogP contribution in [0.25, 0.3) is 6.08 Å². The molecular formula is C25H27NO4S2. The van der Waals surface area contributed by atoms with Crippen LogP contribution in [0, 0.1) is 0 Å². The smallest absolute Gasteiger partial charge is 0.333 e. The van der Waals surface area contributed by atoms with Crippen LogP contribution in [-0.2, 0) is 14.3 Å². The molecule has 32 heavy (non-hydrogen) atoms. The number of benzene rings is 2. The molecule has 3 rings (SSSR count). The van der Waals surface area contributed by atoms with E-state index in [1.807, 2.05) is 42.5 Å². The predicted octanol–water partition coefficient (Wildman–Crippen LogP) is 5.76. The first-order valence-electron chi connectivity index (χ1n) is 10.8. The Balaban J connectivity index is 1.78. The van der Waals surface area contributed by atoms with Crippen molar-refractivity contribution in [3.63, 3.8) is 0 Å². The van der Waals surface area contributed by atoms with Crippen molar-refractivity contribution in [2.45, 2.75) is 39.2 Å². The monoisotopic (exact) mass is 469 g/mol. The van der Waals surface area contributed by atoms with Crippen LogP contribution >= 0.6 is 24.0 Å². The van der Waals surface area contributed by atoms with Gasteiger partial charge in [0.25, 0.3) is 5.91 Å². The van der Waals surface area contributed by atoms with E-state index in [0.717, 1.165) is 30.6 Å². The normalized spacial score (nSPS) is 15.8. The summed E-state index contributed by atoms with van der Waals surface area (Å²) in [5.74, 6) is -0.000113. The van der Waals surface area contributed by atoms with Crippen molar-refractivity contribution in [1.82, 2.24) is 4.90 Å². The largest absolute Gasteiger partial charge is 0.494 e. The third-order valence-electron chi connectivity index (χ3n) is 4.90. The number of carbonyl (C=O) groups is 2. The van der Waals surface area contributed by atoms with Crippen molar-refractivity contribution in [3.8, 4) is 5.75 Å². The van der Waals surface area contributed by atoms with Crippen LogP contribution in [0.2, 0.25) is 0 Å². The molecule has 2 aromatic rings. The minimum atomic E-state index is -0.909. The maximum atomic E-state index is 13.2. The van der Waals surface area contributed by atoms with E-state index in [4.69, 9.17) is 21.7 Å². The molecule has 5 nitrogen and oxygen atoms in total. The van der Waals surface area contributed by atoms with Crippen LogP contribution in [0.5, 0.6) is 5.75 Å². The number of rotatable bonds is 10. The molecule has 7 heteroatoms. The van der Waals surface area contributed by atoms with Crippen molar-refractivity contribution >= 4 is 46.3 Å².